The molecular formula is C26H31N3O3. The third-order valence-electron chi connectivity index (χ3n) is 6.16. The molecule has 2 unspecified atom stereocenters. The van der Waals surface area contributed by atoms with Crippen molar-refractivity contribution in [3.05, 3.63) is 84.2 Å². The van der Waals surface area contributed by atoms with Crippen molar-refractivity contribution in [2.45, 2.75) is 12.0 Å². The molecule has 3 aromatic rings. The zero-order valence-electron chi connectivity index (χ0n) is 18.7. The molecular weight excluding hydrogens is 402 g/mol. The lowest BCUT2D eigenvalue weighted by molar-refractivity contribution is 0.110. The number of hydrogen-bond donors (Lipinski definition) is 1. The van der Waals surface area contributed by atoms with Crippen molar-refractivity contribution >= 4 is 5.69 Å². The van der Waals surface area contributed by atoms with Crippen molar-refractivity contribution in [2.24, 2.45) is 0 Å². The second-order valence-corrected chi connectivity index (χ2v) is 8.01. The first kappa shape index (κ1) is 22.1. The van der Waals surface area contributed by atoms with E-state index in [9.17, 15) is 5.11 Å². The monoisotopic (exact) mass is 433 g/mol. The molecule has 0 aliphatic carbocycles. The molecule has 1 fully saturated rings. The summed E-state index contributed by atoms with van der Waals surface area (Å²) in [4.78, 5) is 9.35. The second kappa shape index (κ2) is 10.5. The van der Waals surface area contributed by atoms with Gasteiger partial charge >= 0.3 is 0 Å². The van der Waals surface area contributed by atoms with Crippen molar-refractivity contribution in [1.82, 2.24) is 9.88 Å². The van der Waals surface area contributed by atoms with Crippen LogP contribution in [0.15, 0.2) is 72.9 Å². The minimum absolute atomic E-state index is 0.162. The van der Waals surface area contributed by atoms with Gasteiger partial charge in [-0.1, -0.05) is 36.4 Å². The van der Waals surface area contributed by atoms with E-state index in [0.29, 0.717) is 5.75 Å². The van der Waals surface area contributed by atoms with Crippen molar-refractivity contribution < 1.29 is 14.6 Å². The molecule has 2 heterocycles. The number of aromatic nitrogens is 1. The zero-order valence-corrected chi connectivity index (χ0v) is 18.7. The largest absolute Gasteiger partial charge is 0.496 e. The molecule has 1 aromatic heterocycles. The summed E-state index contributed by atoms with van der Waals surface area (Å²) in [6.07, 6.45) is 1.07. The number of piperazine rings is 1. The molecule has 0 amide bonds. The number of ether oxygens (including phenoxy) is 2. The van der Waals surface area contributed by atoms with E-state index in [1.165, 1.54) is 0 Å². The lowest BCUT2D eigenvalue weighted by Crippen LogP contribution is -2.48. The fourth-order valence-electron chi connectivity index (χ4n) is 4.42. The van der Waals surface area contributed by atoms with E-state index in [-0.39, 0.29) is 5.92 Å². The molecule has 2 aromatic carbocycles. The van der Waals surface area contributed by atoms with Gasteiger partial charge in [0.05, 0.1) is 26.0 Å². The molecule has 0 bridgehead atoms. The van der Waals surface area contributed by atoms with Crippen LogP contribution in [0.3, 0.4) is 0 Å². The van der Waals surface area contributed by atoms with Gasteiger partial charge in [-0.3, -0.25) is 9.88 Å². The van der Waals surface area contributed by atoms with Crippen LogP contribution in [0.4, 0.5) is 5.69 Å². The van der Waals surface area contributed by atoms with Crippen LogP contribution < -0.4 is 14.4 Å². The van der Waals surface area contributed by atoms with Gasteiger partial charge in [0.25, 0.3) is 0 Å². The van der Waals surface area contributed by atoms with Gasteiger partial charge in [-0.05, 0) is 30.3 Å². The summed E-state index contributed by atoms with van der Waals surface area (Å²) in [5.74, 6) is 1.44. The molecule has 1 N–H and O–H groups in total. The van der Waals surface area contributed by atoms with Gasteiger partial charge in [0.2, 0.25) is 0 Å². The first-order valence-corrected chi connectivity index (χ1v) is 11.0. The third-order valence-corrected chi connectivity index (χ3v) is 6.16. The van der Waals surface area contributed by atoms with Crippen LogP contribution in [0.5, 0.6) is 11.5 Å². The average Bonchev–Trinajstić information content (AvgIpc) is 2.87. The maximum atomic E-state index is 11.4. The maximum absolute atomic E-state index is 11.4. The quantitative estimate of drug-likeness (QED) is 0.584. The Hall–Kier alpha value is -3.09. The van der Waals surface area contributed by atoms with Gasteiger partial charge < -0.3 is 19.5 Å². The number of hydrogen-bond acceptors (Lipinski definition) is 6. The van der Waals surface area contributed by atoms with Crippen molar-refractivity contribution in [3.8, 4) is 11.5 Å². The molecule has 6 heteroatoms. The highest BCUT2D eigenvalue weighted by atomic mass is 16.5. The summed E-state index contributed by atoms with van der Waals surface area (Å²) in [7, 11) is 3.35. The molecule has 0 radical (unpaired) electrons. The zero-order chi connectivity index (χ0) is 22.3. The molecule has 32 heavy (non-hydrogen) atoms. The number of para-hydroxylation sites is 3. The summed E-state index contributed by atoms with van der Waals surface area (Å²) < 4.78 is 11.1. The van der Waals surface area contributed by atoms with Crippen molar-refractivity contribution in [2.75, 3.05) is 51.8 Å². The Morgan fingerprint density at radius 3 is 2.19 bits per heavy atom. The molecule has 6 nitrogen and oxygen atoms in total. The Bertz CT molecular complexity index is 990. The predicted octanol–water partition coefficient (Wildman–Crippen LogP) is 3.74. The number of methoxy groups -OCH3 is 2. The Labute approximate surface area is 190 Å². The predicted molar refractivity (Wildman–Crippen MR) is 127 cm³/mol. The standard InChI is InChI=1S/C26H31N3O3/c1-31-24-12-5-3-9-20(24)26(30)21(22-10-7-8-14-27-22)19-28-15-17-29(18-16-28)23-11-4-6-13-25(23)32-2/h3-14,21,26,30H,15-19H2,1-2H3. The summed E-state index contributed by atoms with van der Waals surface area (Å²) in [5, 5.41) is 11.4. The number of rotatable bonds is 8. The Kier molecular flexibility index (Phi) is 7.24. The van der Waals surface area contributed by atoms with Gasteiger partial charge in [-0.25, -0.2) is 0 Å². The normalized spacial score (nSPS) is 16.4. The van der Waals surface area contributed by atoms with Crippen molar-refractivity contribution in [1.29, 1.82) is 0 Å². The summed E-state index contributed by atoms with van der Waals surface area (Å²) >= 11 is 0. The van der Waals surface area contributed by atoms with E-state index in [4.69, 9.17) is 9.47 Å². The van der Waals surface area contributed by atoms with Crippen LogP contribution in [0.2, 0.25) is 0 Å². The Morgan fingerprint density at radius 1 is 0.844 bits per heavy atom. The van der Waals surface area contributed by atoms with Crippen LogP contribution in [-0.2, 0) is 0 Å². The Balaban J connectivity index is 1.50. The van der Waals surface area contributed by atoms with Crippen LogP contribution in [-0.4, -0.2) is 61.9 Å². The number of nitrogens with zero attached hydrogens (tertiary/aromatic N) is 3. The first-order chi connectivity index (χ1) is 15.7. The minimum Gasteiger partial charge on any atom is -0.496 e. The van der Waals surface area contributed by atoms with Crippen LogP contribution in [0, 0.1) is 0 Å². The minimum atomic E-state index is -0.715. The summed E-state index contributed by atoms with van der Waals surface area (Å²) in [6.45, 7) is 4.33. The molecule has 0 spiro atoms. The van der Waals surface area contributed by atoms with Gasteiger partial charge in [-0.2, -0.15) is 0 Å². The van der Waals surface area contributed by atoms with E-state index in [0.717, 1.165) is 55.4 Å². The molecule has 1 aliphatic rings. The van der Waals surface area contributed by atoms with E-state index >= 15 is 0 Å². The highest BCUT2D eigenvalue weighted by Crippen LogP contribution is 2.36. The van der Waals surface area contributed by atoms with E-state index in [1.54, 1.807) is 20.4 Å². The number of anilines is 1. The van der Waals surface area contributed by atoms with E-state index < -0.39 is 6.10 Å². The van der Waals surface area contributed by atoms with Crippen LogP contribution in [0.1, 0.15) is 23.3 Å². The fraction of sp³-hybridized carbons (Fsp3) is 0.346. The summed E-state index contributed by atoms with van der Waals surface area (Å²) in [6, 6.07) is 21.7. The first-order valence-electron chi connectivity index (χ1n) is 11.0. The number of benzene rings is 2. The molecule has 4 rings (SSSR count). The van der Waals surface area contributed by atoms with Crippen molar-refractivity contribution in [3.63, 3.8) is 0 Å². The van der Waals surface area contributed by atoms with Gasteiger partial charge in [0.1, 0.15) is 11.5 Å². The lowest BCUT2D eigenvalue weighted by Gasteiger charge is -2.38. The molecule has 1 saturated heterocycles. The highest BCUT2D eigenvalue weighted by molar-refractivity contribution is 5.58. The van der Waals surface area contributed by atoms with Gasteiger partial charge in [-0.15, -0.1) is 0 Å². The third kappa shape index (κ3) is 4.87. The molecule has 2 atom stereocenters. The SMILES string of the molecule is COc1ccccc1C(O)C(CN1CCN(c2ccccc2OC)CC1)c1ccccn1. The average molecular weight is 434 g/mol. The van der Waals surface area contributed by atoms with Crippen LogP contribution >= 0.6 is 0 Å². The van der Waals surface area contributed by atoms with E-state index in [2.05, 4.69) is 20.9 Å². The second-order valence-electron chi connectivity index (χ2n) is 8.01. The number of aliphatic hydroxyl groups is 1. The maximum Gasteiger partial charge on any atom is 0.142 e. The van der Waals surface area contributed by atoms with Gasteiger partial charge in [0.15, 0.2) is 0 Å². The number of pyridine rings is 1. The van der Waals surface area contributed by atoms with Crippen LogP contribution in [0.25, 0.3) is 0 Å². The Morgan fingerprint density at radius 2 is 1.50 bits per heavy atom. The van der Waals surface area contributed by atoms with Gasteiger partial charge in [0, 0.05) is 56.1 Å². The van der Waals surface area contributed by atoms with E-state index in [1.807, 2.05) is 60.7 Å². The fourth-order valence-corrected chi connectivity index (χ4v) is 4.42. The molecule has 168 valence electrons. The topological polar surface area (TPSA) is 58.1 Å². The summed E-state index contributed by atoms with van der Waals surface area (Å²) in [5.41, 5.74) is 2.81. The molecule has 1 aliphatic heterocycles. The number of aliphatic hydroxyl groups excluding tert-OH is 1. The highest BCUT2D eigenvalue weighted by Gasteiger charge is 2.30. The smallest absolute Gasteiger partial charge is 0.142 e. The molecule has 0 saturated carbocycles. The lowest BCUT2D eigenvalue weighted by atomic mass is 9.91.